The Bertz CT molecular complexity index is 748. The van der Waals surface area contributed by atoms with E-state index in [9.17, 15) is 14.4 Å². The number of carbonyl (C=O) groups is 3. The molecule has 2 aliphatic rings. The second kappa shape index (κ2) is 7.66. The number of nitrogens with zero attached hydrogens (tertiary/aromatic N) is 3. The molecule has 3 atom stereocenters. The molecule has 0 radical (unpaired) electrons. The van der Waals surface area contributed by atoms with Gasteiger partial charge in [0.1, 0.15) is 6.04 Å². The van der Waals surface area contributed by atoms with Crippen LogP contribution < -0.4 is 5.32 Å². The lowest BCUT2D eigenvalue weighted by Crippen LogP contribution is -2.61. The van der Waals surface area contributed by atoms with E-state index in [0.29, 0.717) is 31.5 Å². The molecule has 7 nitrogen and oxygen atoms in total. The second-order valence-corrected chi connectivity index (χ2v) is 8.07. The number of aromatic nitrogens is 1. The molecule has 146 valence electrons. The van der Waals surface area contributed by atoms with Gasteiger partial charge in [0.2, 0.25) is 11.8 Å². The van der Waals surface area contributed by atoms with Gasteiger partial charge >= 0.3 is 0 Å². The summed E-state index contributed by atoms with van der Waals surface area (Å²) in [6.07, 6.45) is 4.54. The average Bonchev–Trinajstić information content (AvgIpc) is 2.99. The number of hydrogen-bond donors (Lipinski definition) is 1. The second-order valence-electron chi connectivity index (χ2n) is 8.07. The van der Waals surface area contributed by atoms with Crippen molar-refractivity contribution in [3.05, 3.63) is 29.6 Å². The summed E-state index contributed by atoms with van der Waals surface area (Å²) in [4.78, 5) is 45.5. The number of pyridine rings is 1. The van der Waals surface area contributed by atoms with Crippen LogP contribution in [0.3, 0.4) is 0 Å². The summed E-state index contributed by atoms with van der Waals surface area (Å²) in [6.45, 7) is 8.50. The van der Waals surface area contributed by atoms with Crippen molar-refractivity contribution < 1.29 is 14.4 Å². The summed E-state index contributed by atoms with van der Waals surface area (Å²) in [7, 11) is 0. The highest BCUT2D eigenvalue weighted by Crippen LogP contribution is 2.30. The number of aryl methyl sites for hydroxylation is 1. The summed E-state index contributed by atoms with van der Waals surface area (Å²) in [5, 5.41) is 2.91. The van der Waals surface area contributed by atoms with Crippen molar-refractivity contribution in [3.8, 4) is 0 Å². The molecule has 1 aromatic heterocycles. The number of carbonyl (C=O) groups excluding carboxylic acids is 3. The predicted molar refractivity (Wildman–Crippen MR) is 101 cm³/mol. The molecule has 1 N–H and O–H groups in total. The fraction of sp³-hybridized carbons (Fsp3) is 0.600. The van der Waals surface area contributed by atoms with Crippen LogP contribution >= 0.6 is 0 Å². The van der Waals surface area contributed by atoms with Gasteiger partial charge in [-0.05, 0) is 37.3 Å². The van der Waals surface area contributed by atoms with Crippen LogP contribution in [-0.4, -0.2) is 63.7 Å². The van der Waals surface area contributed by atoms with Crippen LogP contribution in [0.4, 0.5) is 0 Å². The molecule has 7 heteroatoms. The van der Waals surface area contributed by atoms with Gasteiger partial charge < -0.3 is 15.1 Å². The zero-order valence-corrected chi connectivity index (χ0v) is 16.4. The van der Waals surface area contributed by atoms with Crippen LogP contribution in [0, 0.1) is 12.8 Å². The summed E-state index contributed by atoms with van der Waals surface area (Å²) < 4.78 is 0. The molecule has 0 aromatic carbocycles. The summed E-state index contributed by atoms with van der Waals surface area (Å²) in [5.74, 6) is 0.0457. The van der Waals surface area contributed by atoms with Gasteiger partial charge in [-0.1, -0.05) is 13.8 Å². The van der Waals surface area contributed by atoms with E-state index in [1.165, 1.54) is 6.92 Å². The van der Waals surface area contributed by atoms with E-state index in [1.54, 1.807) is 17.3 Å². The van der Waals surface area contributed by atoms with Crippen LogP contribution in [0.15, 0.2) is 18.5 Å². The maximum Gasteiger partial charge on any atom is 0.256 e. The minimum absolute atomic E-state index is 0.0114. The summed E-state index contributed by atoms with van der Waals surface area (Å²) in [6, 6.07) is 1.24. The van der Waals surface area contributed by atoms with Crippen LogP contribution in [0.1, 0.15) is 49.5 Å². The molecule has 2 fully saturated rings. The Balaban J connectivity index is 1.88. The Hall–Kier alpha value is -2.44. The first-order chi connectivity index (χ1) is 12.8. The highest BCUT2D eigenvalue weighted by atomic mass is 16.2. The average molecular weight is 372 g/mol. The fourth-order valence-corrected chi connectivity index (χ4v) is 4.17. The monoisotopic (exact) mass is 372 g/mol. The molecule has 3 unspecified atom stereocenters. The molecule has 1 aromatic rings. The van der Waals surface area contributed by atoms with Gasteiger partial charge in [0.05, 0.1) is 11.6 Å². The molecular weight excluding hydrogens is 344 g/mol. The number of piperazine rings is 1. The van der Waals surface area contributed by atoms with E-state index >= 15 is 0 Å². The van der Waals surface area contributed by atoms with Gasteiger partial charge in [-0.3, -0.25) is 19.4 Å². The number of fused-ring (bicyclic) bond motifs is 1. The fourth-order valence-electron chi connectivity index (χ4n) is 4.17. The normalized spacial score (nSPS) is 24.9. The first-order valence-corrected chi connectivity index (χ1v) is 9.57. The molecule has 3 heterocycles. The smallest absolute Gasteiger partial charge is 0.256 e. The van der Waals surface area contributed by atoms with Gasteiger partial charge in [-0.2, -0.15) is 0 Å². The molecule has 2 saturated heterocycles. The maximum atomic E-state index is 13.3. The molecular formula is C20H28N4O3. The van der Waals surface area contributed by atoms with Crippen LogP contribution in [-0.2, 0) is 9.59 Å². The van der Waals surface area contributed by atoms with Gasteiger partial charge in [0.25, 0.3) is 5.91 Å². The Morgan fingerprint density at radius 2 is 2.07 bits per heavy atom. The highest BCUT2D eigenvalue weighted by molar-refractivity contribution is 5.99. The van der Waals surface area contributed by atoms with Crippen LogP contribution in [0.25, 0.3) is 0 Å². The third kappa shape index (κ3) is 3.96. The van der Waals surface area contributed by atoms with Crippen molar-refractivity contribution >= 4 is 17.7 Å². The predicted octanol–water partition coefficient (Wildman–Crippen LogP) is 1.37. The zero-order chi connectivity index (χ0) is 19.7. The third-order valence-corrected chi connectivity index (χ3v) is 5.40. The Labute approximate surface area is 160 Å². The minimum atomic E-state index is -0.468. The molecule has 0 bridgehead atoms. The molecule has 0 saturated carbocycles. The first-order valence-electron chi connectivity index (χ1n) is 9.57. The van der Waals surface area contributed by atoms with E-state index in [1.807, 2.05) is 17.9 Å². The molecule has 27 heavy (non-hydrogen) atoms. The largest absolute Gasteiger partial charge is 0.352 e. The molecule has 0 spiro atoms. The van der Waals surface area contributed by atoms with E-state index in [2.05, 4.69) is 24.1 Å². The highest BCUT2D eigenvalue weighted by Gasteiger charge is 2.47. The minimum Gasteiger partial charge on any atom is -0.352 e. The lowest BCUT2D eigenvalue weighted by atomic mass is 9.96. The lowest BCUT2D eigenvalue weighted by Gasteiger charge is -2.43. The van der Waals surface area contributed by atoms with Crippen LogP contribution in [0.2, 0.25) is 0 Å². The van der Waals surface area contributed by atoms with Gasteiger partial charge in [-0.15, -0.1) is 0 Å². The van der Waals surface area contributed by atoms with E-state index in [4.69, 9.17) is 0 Å². The Morgan fingerprint density at radius 3 is 2.70 bits per heavy atom. The molecule has 3 rings (SSSR count). The number of nitrogens with one attached hydrogen (secondary N) is 1. The maximum absolute atomic E-state index is 13.3. The van der Waals surface area contributed by atoms with Crippen molar-refractivity contribution in [1.29, 1.82) is 0 Å². The number of amides is 3. The third-order valence-electron chi connectivity index (χ3n) is 5.40. The SMILES string of the molecule is CC(=O)NC1CC2CN(C(=O)c3cnccc3C)C(CC(C)C)C(=O)N2C1. The van der Waals surface area contributed by atoms with Crippen molar-refractivity contribution in [1.82, 2.24) is 20.1 Å². The molecule has 3 amide bonds. The molecule has 2 aliphatic heterocycles. The van der Waals surface area contributed by atoms with Gasteiger partial charge in [0, 0.05) is 38.4 Å². The zero-order valence-electron chi connectivity index (χ0n) is 16.4. The van der Waals surface area contributed by atoms with E-state index in [0.717, 1.165) is 5.56 Å². The van der Waals surface area contributed by atoms with Crippen LogP contribution in [0.5, 0.6) is 0 Å². The van der Waals surface area contributed by atoms with E-state index < -0.39 is 6.04 Å². The van der Waals surface area contributed by atoms with Crippen molar-refractivity contribution in [3.63, 3.8) is 0 Å². The lowest BCUT2D eigenvalue weighted by molar-refractivity contribution is -0.142. The quantitative estimate of drug-likeness (QED) is 0.865. The Kier molecular flexibility index (Phi) is 5.48. The first kappa shape index (κ1) is 19.3. The topological polar surface area (TPSA) is 82.6 Å². The van der Waals surface area contributed by atoms with Gasteiger partial charge in [0.15, 0.2) is 0 Å². The standard InChI is InChI=1S/C20H28N4O3/c1-12(2)7-18-20(27)23-10-15(22-14(4)25)8-16(23)11-24(18)19(26)17-9-21-6-5-13(17)3/h5-6,9,12,15-16,18H,7-8,10-11H2,1-4H3,(H,22,25). The van der Waals surface area contributed by atoms with Crippen molar-refractivity contribution in [2.24, 2.45) is 5.92 Å². The Morgan fingerprint density at radius 1 is 1.33 bits per heavy atom. The number of rotatable bonds is 4. The molecule has 0 aliphatic carbocycles. The van der Waals surface area contributed by atoms with Crippen molar-refractivity contribution in [2.75, 3.05) is 13.1 Å². The summed E-state index contributed by atoms with van der Waals surface area (Å²) in [5.41, 5.74) is 1.40. The summed E-state index contributed by atoms with van der Waals surface area (Å²) >= 11 is 0. The van der Waals surface area contributed by atoms with Gasteiger partial charge in [-0.25, -0.2) is 0 Å². The van der Waals surface area contributed by atoms with Crippen molar-refractivity contribution in [2.45, 2.75) is 58.7 Å². The van der Waals surface area contributed by atoms with E-state index in [-0.39, 0.29) is 35.7 Å². The number of hydrogen-bond acceptors (Lipinski definition) is 4.